The van der Waals surface area contributed by atoms with E-state index >= 15 is 0 Å². The van der Waals surface area contributed by atoms with Crippen LogP contribution in [0.2, 0.25) is 0 Å². The van der Waals surface area contributed by atoms with E-state index in [9.17, 15) is 4.79 Å². The summed E-state index contributed by atoms with van der Waals surface area (Å²) in [6, 6.07) is 22.1. The zero-order valence-corrected chi connectivity index (χ0v) is 18.0. The van der Waals surface area contributed by atoms with Crippen LogP contribution in [-0.4, -0.2) is 20.7 Å². The molecule has 152 valence electrons. The first kappa shape index (κ1) is 20.4. The molecule has 2 aromatic heterocycles. The molecule has 0 bridgehead atoms. The van der Waals surface area contributed by atoms with Gasteiger partial charge < -0.3 is 10.3 Å². The molecule has 1 amide bonds. The minimum absolute atomic E-state index is 0.409. The third-order valence-corrected chi connectivity index (χ3v) is 6.69. The van der Waals surface area contributed by atoms with Crippen molar-refractivity contribution < 1.29 is 4.79 Å². The lowest BCUT2D eigenvalue weighted by molar-refractivity contribution is 0.100. The van der Waals surface area contributed by atoms with Gasteiger partial charge in [-0.1, -0.05) is 60.3 Å². The van der Waals surface area contributed by atoms with E-state index in [1.807, 2.05) is 18.2 Å². The lowest BCUT2D eigenvalue weighted by Gasteiger charge is -2.10. The van der Waals surface area contributed by atoms with Crippen molar-refractivity contribution in [2.75, 3.05) is 0 Å². The van der Waals surface area contributed by atoms with Crippen molar-refractivity contribution in [2.24, 2.45) is 5.73 Å². The summed E-state index contributed by atoms with van der Waals surface area (Å²) in [4.78, 5) is 12.5. The average molecular weight is 435 g/mol. The number of thiophene rings is 1. The maximum Gasteiger partial charge on any atom is 0.248 e. The number of hydrogen-bond acceptors (Lipinski definition) is 5. The van der Waals surface area contributed by atoms with Gasteiger partial charge in [0.1, 0.15) is 5.82 Å². The highest BCUT2D eigenvalue weighted by atomic mass is 32.2. The molecule has 0 saturated heterocycles. The van der Waals surface area contributed by atoms with E-state index in [-0.39, 0.29) is 0 Å². The van der Waals surface area contributed by atoms with E-state index in [0.29, 0.717) is 5.56 Å². The molecule has 0 saturated carbocycles. The van der Waals surface area contributed by atoms with Crippen molar-refractivity contribution in [1.29, 1.82) is 0 Å². The van der Waals surface area contributed by atoms with E-state index in [1.54, 1.807) is 35.2 Å². The number of nitrogens with zero attached hydrogens (tertiary/aromatic N) is 3. The molecule has 7 heteroatoms. The van der Waals surface area contributed by atoms with Gasteiger partial charge in [-0.2, -0.15) is 0 Å². The number of rotatable bonds is 9. The first-order chi connectivity index (χ1) is 14.7. The molecule has 0 aliphatic heterocycles. The number of primary amides is 1. The summed E-state index contributed by atoms with van der Waals surface area (Å²) in [5.41, 5.74) is 8.26. The number of carbonyl (C=O) groups excluding carboxylic acids is 1. The fraction of sp³-hybridized carbons (Fsp3) is 0.174. The highest BCUT2D eigenvalue weighted by molar-refractivity contribution is 7.98. The van der Waals surface area contributed by atoms with Gasteiger partial charge in [-0.15, -0.1) is 21.5 Å². The van der Waals surface area contributed by atoms with Crippen LogP contribution < -0.4 is 5.73 Å². The van der Waals surface area contributed by atoms with E-state index in [1.165, 1.54) is 10.4 Å². The van der Waals surface area contributed by atoms with Crippen LogP contribution in [-0.2, 0) is 25.1 Å². The second kappa shape index (κ2) is 9.73. The van der Waals surface area contributed by atoms with Crippen molar-refractivity contribution >= 4 is 29.0 Å². The molecule has 0 fully saturated rings. The summed E-state index contributed by atoms with van der Waals surface area (Å²) in [6.07, 6.45) is 1.71. The Morgan fingerprint density at radius 1 is 0.967 bits per heavy atom. The Labute approximate surface area is 184 Å². The van der Waals surface area contributed by atoms with Crippen molar-refractivity contribution in [3.05, 3.63) is 99.5 Å². The lowest BCUT2D eigenvalue weighted by Crippen LogP contribution is -2.10. The van der Waals surface area contributed by atoms with Crippen LogP contribution in [0.15, 0.2) is 77.3 Å². The van der Waals surface area contributed by atoms with Gasteiger partial charge in [0.2, 0.25) is 5.91 Å². The highest BCUT2D eigenvalue weighted by Crippen LogP contribution is 2.24. The van der Waals surface area contributed by atoms with Gasteiger partial charge in [-0.25, -0.2) is 0 Å². The van der Waals surface area contributed by atoms with Crippen LogP contribution in [0.4, 0.5) is 0 Å². The third kappa shape index (κ3) is 5.17. The average Bonchev–Trinajstić information content (AvgIpc) is 3.42. The van der Waals surface area contributed by atoms with Gasteiger partial charge in [0.25, 0.3) is 0 Å². The Morgan fingerprint density at radius 3 is 2.47 bits per heavy atom. The molecule has 0 unspecified atom stereocenters. The second-order valence-corrected chi connectivity index (χ2v) is 8.87. The van der Waals surface area contributed by atoms with Crippen LogP contribution in [0.1, 0.15) is 32.2 Å². The van der Waals surface area contributed by atoms with Gasteiger partial charge >= 0.3 is 0 Å². The summed E-state index contributed by atoms with van der Waals surface area (Å²) < 4.78 is 2.23. The molecule has 0 atom stereocenters. The number of thioether (sulfide) groups is 1. The molecule has 5 nitrogen and oxygen atoms in total. The van der Waals surface area contributed by atoms with E-state index in [4.69, 9.17) is 5.73 Å². The number of carbonyl (C=O) groups is 1. The summed E-state index contributed by atoms with van der Waals surface area (Å²) >= 11 is 3.40. The van der Waals surface area contributed by atoms with Gasteiger partial charge in [0.05, 0.1) is 0 Å². The zero-order chi connectivity index (χ0) is 20.8. The maximum absolute atomic E-state index is 11.3. The van der Waals surface area contributed by atoms with Crippen LogP contribution in [0.25, 0.3) is 0 Å². The van der Waals surface area contributed by atoms with Gasteiger partial charge in [-0.3, -0.25) is 4.79 Å². The minimum atomic E-state index is -0.409. The topological polar surface area (TPSA) is 73.8 Å². The summed E-state index contributed by atoms with van der Waals surface area (Å²) in [7, 11) is 0. The number of benzene rings is 2. The second-order valence-electron chi connectivity index (χ2n) is 6.89. The zero-order valence-electron chi connectivity index (χ0n) is 16.4. The predicted molar refractivity (Wildman–Crippen MR) is 122 cm³/mol. The smallest absolute Gasteiger partial charge is 0.248 e. The molecule has 0 spiro atoms. The van der Waals surface area contributed by atoms with Crippen molar-refractivity contribution in [2.45, 2.75) is 30.3 Å². The number of amides is 1. The van der Waals surface area contributed by atoms with E-state index in [0.717, 1.165) is 41.7 Å². The summed E-state index contributed by atoms with van der Waals surface area (Å²) in [6.45, 7) is 0.834. The Morgan fingerprint density at radius 2 is 1.77 bits per heavy atom. The van der Waals surface area contributed by atoms with Crippen molar-refractivity contribution in [1.82, 2.24) is 14.8 Å². The monoisotopic (exact) mass is 434 g/mol. The van der Waals surface area contributed by atoms with Gasteiger partial charge in [0.15, 0.2) is 5.16 Å². The molecular formula is C23H22N4OS2. The molecular weight excluding hydrogens is 412 g/mol. The number of aryl methyl sites for hydroxylation is 1. The molecule has 2 heterocycles. The van der Waals surface area contributed by atoms with Crippen LogP contribution in [0.3, 0.4) is 0 Å². The Bertz CT molecular complexity index is 1090. The number of hydrogen-bond donors (Lipinski definition) is 1. The van der Waals surface area contributed by atoms with Crippen molar-refractivity contribution in [3.63, 3.8) is 0 Å². The molecule has 30 heavy (non-hydrogen) atoms. The summed E-state index contributed by atoms with van der Waals surface area (Å²) in [5, 5.41) is 12.0. The molecule has 0 aliphatic carbocycles. The first-order valence-electron chi connectivity index (χ1n) is 9.69. The Hall–Kier alpha value is -2.90. The van der Waals surface area contributed by atoms with Crippen LogP contribution >= 0.6 is 23.1 Å². The standard InChI is InChI=1S/C23H22N4OS2/c24-22(28)19-10-8-18(9-11-19)16-30-23-26-25-21(15-20-7-4-14-29-20)27(23)13-12-17-5-2-1-3-6-17/h1-11,14H,12-13,15-16H2,(H2,24,28). The Kier molecular flexibility index (Phi) is 6.61. The first-order valence-corrected chi connectivity index (χ1v) is 11.6. The minimum Gasteiger partial charge on any atom is -0.366 e. The SMILES string of the molecule is NC(=O)c1ccc(CSc2nnc(Cc3cccs3)n2CCc2ccccc2)cc1. The van der Waals surface area contributed by atoms with Gasteiger partial charge in [0, 0.05) is 29.2 Å². The highest BCUT2D eigenvalue weighted by Gasteiger charge is 2.14. The fourth-order valence-electron chi connectivity index (χ4n) is 3.15. The van der Waals surface area contributed by atoms with Crippen LogP contribution in [0.5, 0.6) is 0 Å². The number of nitrogens with two attached hydrogens (primary N) is 1. The van der Waals surface area contributed by atoms with Gasteiger partial charge in [-0.05, 0) is 41.1 Å². The maximum atomic E-state index is 11.3. The van der Waals surface area contributed by atoms with E-state index in [2.05, 4.69) is 56.5 Å². The normalized spacial score (nSPS) is 10.9. The molecule has 2 N–H and O–H groups in total. The predicted octanol–water partition coefficient (Wildman–Crippen LogP) is 4.56. The largest absolute Gasteiger partial charge is 0.366 e. The molecule has 0 radical (unpaired) electrons. The molecule has 4 rings (SSSR count). The summed E-state index contributed by atoms with van der Waals surface area (Å²) in [5.74, 6) is 1.33. The Balaban J connectivity index is 1.50. The molecule has 0 aliphatic rings. The fourth-order valence-corrected chi connectivity index (χ4v) is 4.79. The van der Waals surface area contributed by atoms with E-state index < -0.39 is 5.91 Å². The quantitative estimate of drug-likeness (QED) is 0.392. The van der Waals surface area contributed by atoms with Crippen LogP contribution in [0, 0.1) is 0 Å². The molecule has 2 aromatic carbocycles. The molecule has 4 aromatic rings. The van der Waals surface area contributed by atoms with Crippen molar-refractivity contribution in [3.8, 4) is 0 Å². The third-order valence-electron chi connectivity index (χ3n) is 4.78. The lowest BCUT2D eigenvalue weighted by atomic mass is 10.1. The number of aromatic nitrogens is 3.